The Kier molecular flexibility index (Phi) is 8.76. The molecule has 1 aromatic heterocycles. The molecule has 4 rings (SSSR count). The summed E-state index contributed by atoms with van der Waals surface area (Å²) in [6.07, 6.45) is 2.58. The second-order valence-electron chi connectivity index (χ2n) is 8.38. The number of benzene rings is 2. The summed E-state index contributed by atoms with van der Waals surface area (Å²) in [6, 6.07) is 10.1. The molecule has 0 saturated carbocycles. The normalized spacial score (nSPS) is 11.7. The van der Waals surface area contributed by atoms with Gasteiger partial charge in [0.15, 0.2) is 0 Å². The minimum absolute atomic E-state index is 0.0104. The number of pyridine rings is 1. The van der Waals surface area contributed by atoms with E-state index < -0.39 is 28.8 Å². The summed E-state index contributed by atoms with van der Waals surface area (Å²) in [5.74, 6) is -1.76. The van der Waals surface area contributed by atoms with Crippen LogP contribution in [-0.2, 0) is 17.8 Å². The third kappa shape index (κ3) is 6.51. The van der Waals surface area contributed by atoms with Gasteiger partial charge in [-0.05, 0) is 35.4 Å². The van der Waals surface area contributed by atoms with Gasteiger partial charge in [0, 0.05) is 31.0 Å². The number of rotatable bonds is 10. The molecule has 1 amide bonds. The standard InChI is InChI=1S/C26H18Cl4N4O5/c27-15-6-3-13(7-16(15)28)9-32-21-22(24(36)23(21)35)34-19(26(38)39)8-12-1-4-14(5-2-12)33-25(37)20-17(29)10-31-11-18(20)30/h1-7,10-11,19,32,34H,8-9H2,(H,33,37)(H,38,39)/t19-/m0/s1. The molecule has 0 fully saturated rings. The van der Waals surface area contributed by atoms with Crippen LogP contribution >= 0.6 is 46.4 Å². The van der Waals surface area contributed by atoms with Crippen molar-refractivity contribution in [1.82, 2.24) is 4.98 Å². The topological polar surface area (TPSA) is 137 Å². The van der Waals surface area contributed by atoms with Crippen molar-refractivity contribution < 1.29 is 14.7 Å². The summed E-state index contributed by atoms with van der Waals surface area (Å²) in [4.78, 5) is 52.6. The quantitative estimate of drug-likeness (QED) is 0.179. The van der Waals surface area contributed by atoms with Crippen LogP contribution in [-0.4, -0.2) is 28.0 Å². The Morgan fingerprint density at radius 3 is 2.05 bits per heavy atom. The molecule has 4 N–H and O–H groups in total. The first-order chi connectivity index (χ1) is 18.5. The average molecular weight is 608 g/mol. The van der Waals surface area contributed by atoms with Crippen LogP contribution in [0.3, 0.4) is 0 Å². The van der Waals surface area contributed by atoms with Gasteiger partial charge in [-0.3, -0.25) is 19.4 Å². The predicted octanol–water partition coefficient (Wildman–Crippen LogP) is 5.26. The zero-order valence-corrected chi connectivity index (χ0v) is 22.8. The molecule has 0 aliphatic heterocycles. The number of aliphatic carboxylic acids is 1. The van der Waals surface area contributed by atoms with Gasteiger partial charge in [0.1, 0.15) is 17.4 Å². The highest BCUT2D eigenvalue weighted by molar-refractivity contribution is 6.42. The first-order valence-corrected chi connectivity index (χ1v) is 12.8. The van der Waals surface area contributed by atoms with Crippen molar-refractivity contribution in [3.63, 3.8) is 0 Å². The van der Waals surface area contributed by atoms with E-state index in [0.717, 1.165) is 0 Å². The molecule has 0 radical (unpaired) electrons. The molecular formula is C26H18Cl4N4O5. The lowest BCUT2D eigenvalue weighted by atomic mass is 10.0. The number of anilines is 3. The molecule has 1 heterocycles. The zero-order valence-electron chi connectivity index (χ0n) is 19.7. The van der Waals surface area contributed by atoms with Gasteiger partial charge in [-0.2, -0.15) is 0 Å². The van der Waals surface area contributed by atoms with Crippen LogP contribution in [0.5, 0.6) is 0 Å². The molecule has 0 saturated heterocycles. The summed E-state index contributed by atoms with van der Waals surface area (Å²) >= 11 is 24.0. The third-order valence-electron chi connectivity index (χ3n) is 5.71. The number of hydrogen-bond donors (Lipinski definition) is 4. The fraction of sp³-hybridized carbons (Fsp3) is 0.115. The zero-order chi connectivity index (χ0) is 28.3. The Morgan fingerprint density at radius 1 is 0.821 bits per heavy atom. The Bertz CT molecular complexity index is 1610. The van der Waals surface area contributed by atoms with Gasteiger partial charge >= 0.3 is 5.97 Å². The molecule has 0 bridgehead atoms. The molecule has 1 atom stereocenters. The summed E-state index contributed by atoms with van der Waals surface area (Å²) in [5.41, 5.74) is 0.107. The molecule has 0 unspecified atom stereocenters. The average Bonchev–Trinajstić information content (AvgIpc) is 2.90. The van der Waals surface area contributed by atoms with Crippen molar-refractivity contribution in [2.45, 2.75) is 19.0 Å². The number of hydrogen-bond acceptors (Lipinski definition) is 7. The molecule has 200 valence electrons. The molecule has 0 spiro atoms. The van der Waals surface area contributed by atoms with E-state index in [1.807, 2.05) is 0 Å². The molecule has 4 aromatic rings. The van der Waals surface area contributed by atoms with Crippen molar-refractivity contribution in [3.05, 3.63) is 112 Å². The maximum atomic E-state index is 12.6. The number of amides is 1. The number of aromatic nitrogens is 1. The van der Waals surface area contributed by atoms with Gasteiger partial charge in [0.2, 0.25) is 0 Å². The maximum absolute atomic E-state index is 12.6. The molecule has 0 aliphatic rings. The number of carboxylic acid groups (broad SMARTS) is 1. The van der Waals surface area contributed by atoms with E-state index in [2.05, 4.69) is 20.9 Å². The first-order valence-electron chi connectivity index (χ1n) is 11.2. The smallest absolute Gasteiger partial charge is 0.326 e. The Hall–Kier alpha value is -3.63. The van der Waals surface area contributed by atoms with Gasteiger partial charge in [-0.15, -0.1) is 0 Å². The second-order valence-corrected chi connectivity index (χ2v) is 10.0. The number of halogens is 4. The number of carbonyl (C=O) groups excluding carboxylic acids is 1. The van der Waals surface area contributed by atoms with E-state index in [0.29, 0.717) is 26.9 Å². The highest BCUT2D eigenvalue weighted by atomic mass is 35.5. The van der Waals surface area contributed by atoms with E-state index in [-0.39, 0.29) is 39.9 Å². The van der Waals surface area contributed by atoms with Gasteiger partial charge in [-0.1, -0.05) is 64.6 Å². The number of nitrogens with zero attached hydrogens (tertiary/aromatic N) is 1. The first kappa shape index (κ1) is 28.4. The van der Waals surface area contributed by atoms with Gasteiger partial charge in [0.25, 0.3) is 16.8 Å². The van der Waals surface area contributed by atoms with Crippen LogP contribution in [0.1, 0.15) is 21.5 Å². The van der Waals surface area contributed by atoms with Gasteiger partial charge in [-0.25, -0.2) is 4.79 Å². The van der Waals surface area contributed by atoms with Crippen molar-refractivity contribution in [1.29, 1.82) is 0 Å². The summed E-state index contributed by atoms with van der Waals surface area (Å²) in [7, 11) is 0. The molecule has 39 heavy (non-hydrogen) atoms. The van der Waals surface area contributed by atoms with Crippen molar-refractivity contribution >= 4 is 75.3 Å². The molecule has 13 heteroatoms. The van der Waals surface area contributed by atoms with Crippen molar-refractivity contribution in [3.8, 4) is 0 Å². The molecule has 0 aliphatic carbocycles. The van der Waals surface area contributed by atoms with Crippen LogP contribution in [0, 0.1) is 0 Å². The van der Waals surface area contributed by atoms with Crippen molar-refractivity contribution in [2.24, 2.45) is 0 Å². The van der Waals surface area contributed by atoms with Crippen molar-refractivity contribution in [2.75, 3.05) is 16.0 Å². The minimum Gasteiger partial charge on any atom is -0.480 e. The van der Waals surface area contributed by atoms with E-state index >= 15 is 0 Å². The lowest BCUT2D eigenvalue weighted by Crippen LogP contribution is -2.42. The maximum Gasteiger partial charge on any atom is 0.326 e. The van der Waals surface area contributed by atoms with Gasteiger partial charge < -0.3 is 21.1 Å². The Morgan fingerprint density at radius 2 is 1.44 bits per heavy atom. The fourth-order valence-electron chi connectivity index (χ4n) is 3.69. The lowest BCUT2D eigenvalue weighted by Gasteiger charge is -2.20. The van der Waals surface area contributed by atoms with Crippen LogP contribution in [0.15, 0.2) is 64.4 Å². The number of carbonyl (C=O) groups is 2. The van der Waals surface area contributed by atoms with Gasteiger partial charge in [0.05, 0.1) is 25.7 Å². The third-order valence-corrected chi connectivity index (χ3v) is 7.02. The Labute approximate surface area is 241 Å². The molecule has 9 nitrogen and oxygen atoms in total. The van der Waals surface area contributed by atoms with Crippen LogP contribution in [0.25, 0.3) is 0 Å². The second kappa shape index (κ2) is 12.0. The van der Waals surface area contributed by atoms with E-state index in [9.17, 15) is 24.3 Å². The van der Waals surface area contributed by atoms with Crippen LogP contribution in [0.4, 0.5) is 17.1 Å². The molecular weight excluding hydrogens is 590 g/mol. The SMILES string of the molecule is O=C(Nc1ccc(C[C@H](Nc2c(NCc3ccc(Cl)c(Cl)c3)c(=O)c2=O)C(=O)O)cc1)c1c(Cl)cncc1Cl. The summed E-state index contributed by atoms with van der Waals surface area (Å²) < 4.78 is 0. The van der Waals surface area contributed by atoms with E-state index in [1.165, 1.54) is 12.4 Å². The largest absolute Gasteiger partial charge is 0.480 e. The monoisotopic (exact) mass is 606 g/mol. The fourth-order valence-corrected chi connectivity index (χ4v) is 4.55. The highest BCUT2D eigenvalue weighted by Gasteiger charge is 2.27. The van der Waals surface area contributed by atoms with Crippen LogP contribution in [0.2, 0.25) is 20.1 Å². The minimum atomic E-state index is -1.22. The Balaban J connectivity index is 1.42. The lowest BCUT2D eigenvalue weighted by molar-refractivity contribution is -0.137. The number of carboxylic acids is 1. The van der Waals surface area contributed by atoms with E-state index in [4.69, 9.17) is 46.4 Å². The molecule has 3 aromatic carbocycles. The van der Waals surface area contributed by atoms with E-state index in [1.54, 1.807) is 42.5 Å². The highest BCUT2D eigenvalue weighted by Crippen LogP contribution is 2.26. The summed E-state index contributed by atoms with van der Waals surface area (Å²) in [5, 5.41) is 18.8. The predicted molar refractivity (Wildman–Crippen MR) is 153 cm³/mol. The van der Waals surface area contributed by atoms with Crippen LogP contribution < -0.4 is 26.8 Å². The number of nitrogens with one attached hydrogen (secondary N) is 3. The summed E-state index contributed by atoms with van der Waals surface area (Å²) in [6.45, 7) is 0.164.